The van der Waals surface area contributed by atoms with Crippen LogP contribution < -0.4 is 0 Å². The molecule has 144 valence electrons. The van der Waals surface area contributed by atoms with E-state index in [1.165, 1.54) is 0 Å². The molecule has 1 saturated heterocycles. The summed E-state index contributed by atoms with van der Waals surface area (Å²) in [6, 6.07) is 9.45. The molecule has 1 amide bonds. The summed E-state index contributed by atoms with van der Waals surface area (Å²) < 4.78 is 11.9. The maximum Gasteiger partial charge on any atom is 0.410 e. The number of ether oxygens (including phenoxy) is 1. The van der Waals surface area contributed by atoms with E-state index in [1.54, 1.807) is 4.90 Å². The van der Waals surface area contributed by atoms with Gasteiger partial charge in [-0.15, -0.1) is 0 Å². The molecular formula is C20H31NO4Si. The lowest BCUT2D eigenvalue weighted by molar-refractivity contribution is -0.108. The van der Waals surface area contributed by atoms with Crippen LogP contribution in [0.15, 0.2) is 30.3 Å². The van der Waals surface area contributed by atoms with Gasteiger partial charge in [0.2, 0.25) is 0 Å². The molecule has 0 spiro atoms. The molecule has 0 aromatic heterocycles. The van der Waals surface area contributed by atoms with E-state index in [1.807, 2.05) is 30.3 Å². The largest absolute Gasteiger partial charge is 0.445 e. The number of carbonyl (C=O) groups is 2. The first-order valence-corrected chi connectivity index (χ1v) is 12.1. The molecule has 1 aromatic rings. The number of nitrogens with zero attached hydrogens (tertiary/aromatic N) is 1. The van der Waals surface area contributed by atoms with E-state index in [0.29, 0.717) is 19.4 Å². The Morgan fingerprint density at radius 1 is 1.27 bits per heavy atom. The zero-order chi connectivity index (χ0) is 19.4. The number of likely N-dealkylation sites (tertiary alicyclic amines) is 1. The highest BCUT2D eigenvalue weighted by molar-refractivity contribution is 6.74. The summed E-state index contributed by atoms with van der Waals surface area (Å²) in [5, 5.41) is 0.106. The van der Waals surface area contributed by atoms with E-state index >= 15 is 0 Å². The lowest BCUT2D eigenvalue weighted by atomic mass is 10.1. The van der Waals surface area contributed by atoms with Gasteiger partial charge in [-0.1, -0.05) is 51.1 Å². The highest BCUT2D eigenvalue weighted by Gasteiger charge is 2.43. The van der Waals surface area contributed by atoms with Crippen molar-refractivity contribution in [1.29, 1.82) is 0 Å². The first kappa shape index (κ1) is 20.6. The minimum Gasteiger partial charge on any atom is -0.445 e. The van der Waals surface area contributed by atoms with Crippen molar-refractivity contribution in [3.05, 3.63) is 35.9 Å². The van der Waals surface area contributed by atoms with Crippen LogP contribution in [-0.4, -0.2) is 44.3 Å². The SMILES string of the molecule is CC(C)(C)[Si](C)(C)O[C@@H]1C[C@@H](CC=O)N(C(=O)OCc2ccccc2)C1. The number of hydrogen-bond donors (Lipinski definition) is 0. The van der Waals surface area contributed by atoms with Gasteiger partial charge in [-0.2, -0.15) is 0 Å². The summed E-state index contributed by atoms with van der Waals surface area (Å²) in [6.07, 6.45) is 1.47. The van der Waals surface area contributed by atoms with E-state index in [2.05, 4.69) is 33.9 Å². The summed E-state index contributed by atoms with van der Waals surface area (Å²) in [6.45, 7) is 11.7. The average Bonchev–Trinajstić information content (AvgIpc) is 2.95. The van der Waals surface area contributed by atoms with Crippen LogP contribution in [0.4, 0.5) is 4.79 Å². The first-order chi connectivity index (χ1) is 12.1. The number of benzene rings is 1. The molecule has 0 unspecified atom stereocenters. The van der Waals surface area contributed by atoms with Gasteiger partial charge in [0, 0.05) is 19.0 Å². The van der Waals surface area contributed by atoms with Gasteiger partial charge < -0.3 is 18.9 Å². The number of aldehydes is 1. The van der Waals surface area contributed by atoms with Gasteiger partial charge >= 0.3 is 6.09 Å². The Labute approximate surface area is 157 Å². The van der Waals surface area contributed by atoms with Gasteiger partial charge in [-0.3, -0.25) is 0 Å². The lowest BCUT2D eigenvalue weighted by Gasteiger charge is -2.38. The van der Waals surface area contributed by atoms with Crippen LogP contribution in [0, 0.1) is 0 Å². The molecule has 5 nitrogen and oxygen atoms in total. The molecule has 1 fully saturated rings. The van der Waals surface area contributed by atoms with Gasteiger partial charge in [-0.05, 0) is 30.1 Å². The summed E-state index contributed by atoms with van der Waals surface area (Å²) >= 11 is 0. The third kappa shape index (κ3) is 5.17. The minimum absolute atomic E-state index is 0.0369. The number of amides is 1. The smallest absolute Gasteiger partial charge is 0.410 e. The third-order valence-corrected chi connectivity index (χ3v) is 9.99. The molecule has 1 heterocycles. The Morgan fingerprint density at radius 3 is 2.50 bits per heavy atom. The number of carbonyl (C=O) groups excluding carboxylic acids is 2. The Hall–Kier alpha value is -1.66. The molecule has 0 N–H and O–H groups in total. The standard InChI is InChI=1S/C20H31NO4Si/c1-20(2,3)26(4,5)25-18-13-17(11-12-22)21(14-18)19(23)24-15-16-9-7-6-8-10-16/h6-10,12,17-18H,11,13-15H2,1-5H3/t17-,18-/m1/s1. The fourth-order valence-electron chi connectivity index (χ4n) is 2.91. The van der Waals surface area contributed by atoms with Crippen molar-refractivity contribution in [2.75, 3.05) is 6.54 Å². The van der Waals surface area contributed by atoms with Crippen molar-refractivity contribution in [1.82, 2.24) is 4.90 Å². The van der Waals surface area contributed by atoms with Crippen molar-refractivity contribution >= 4 is 20.7 Å². The molecule has 2 atom stereocenters. The van der Waals surface area contributed by atoms with Gasteiger partial charge in [0.05, 0.1) is 6.10 Å². The predicted octanol–water partition coefficient (Wildman–Crippen LogP) is 4.38. The van der Waals surface area contributed by atoms with E-state index in [4.69, 9.17) is 9.16 Å². The highest BCUT2D eigenvalue weighted by Crippen LogP contribution is 2.39. The van der Waals surface area contributed by atoms with Crippen LogP contribution in [0.2, 0.25) is 18.1 Å². The quantitative estimate of drug-likeness (QED) is 0.545. The Balaban J connectivity index is 1.99. The fourth-order valence-corrected chi connectivity index (χ4v) is 4.27. The molecule has 0 aliphatic carbocycles. The second-order valence-electron chi connectivity index (χ2n) is 8.48. The van der Waals surface area contributed by atoms with Gasteiger partial charge in [-0.25, -0.2) is 4.79 Å². The van der Waals surface area contributed by atoms with Crippen molar-refractivity contribution in [2.24, 2.45) is 0 Å². The van der Waals surface area contributed by atoms with Crippen molar-refractivity contribution in [3.63, 3.8) is 0 Å². The van der Waals surface area contributed by atoms with Gasteiger partial charge in [0.25, 0.3) is 0 Å². The fraction of sp³-hybridized carbons (Fsp3) is 0.600. The predicted molar refractivity (Wildman–Crippen MR) is 104 cm³/mol. The van der Waals surface area contributed by atoms with E-state index in [0.717, 1.165) is 11.8 Å². The summed E-state index contributed by atoms with van der Waals surface area (Å²) in [7, 11) is -1.93. The van der Waals surface area contributed by atoms with Crippen LogP contribution in [0.1, 0.15) is 39.2 Å². The maximum atomic E-state index is 12.6. The van der Waals surface area contributed by atoms with Crippen LogP contribution >= 0.6 is 0 Å². The van der Waals surface area contributed by atoms with E-state index in [-0.39, 0.29) is 29.9 Å². The first-order valence-electron chi connectivity index (χ1n) is 9.23. The lowest BCUT2D eigenvalue weighted by Crippen LogP contribution is -2.44. The van der Waals surface area contributed by atoms with Crippen molar-refractivity contribution < 1.29 is 18.8 Å². The molecule has 0 radical (unpaired) electrons. The molecule has 2 rings (SSSR count). The van der Waals surface area contributed by atoms with Crippen molar-refractivity contribution in [2.45, 2.75) is 70.5 Å². The van der Waals surface area contributed by atoms with E-state index in [9.17, 15) is 9.59 Å². The Kier molecular flexibility index (Phi) is 6.63. The molecule has 1 aromatic carbocycles. The molecule has 0 saturated carbocycles. The second kappa shape index (κ2) is 8.35. The number of rotatable bonds is 6. The Morgan fingerprint density at radius 2 is 1.92 bits per heavy atom. The minimum atomic E-state index is -1.93. The summed E-state index contributed by atoms with van der Waals surface area (Å²) in [5.74, 6) is 0. The molecule has 1 aliphatic heterocycles. The van der Waals surface area contributed by atoms with Crippen LogP contribution in [0.3, 0.4) is 0 Å². The average molecular weight is 378 g/mol. The third-order valence-electron chi connectivity index (χ3n) is 5.45. The van der Waals surface area contributed by atoms with Crippen LogP contribution in [-0.2, 0) is 20.6 Å². The van der Waals surface area contributed by atoms with E-state index < -0.39 is 8.32 Å². The zero-order valence-corrected chi connectivity index (χ0v) is 17.5. The zero-order valence-electron chi connectivity index (χ0n) is 16.5. The van der Waals surface area contributed by atoms with Gasteiger partial charge in [0.15, 0.2) is 8.32 Å². The normalized spacial score (nSPS) is 20.9. The molecule has 0 bridgehead atoms. The Bertz CT molecular complexity index is 612. The summed E-state index contributed by atoms with van der Waals surface area (Å²) in [4.78, 5) is 25.3. The molecule has 26 heavy (non-hydrogen) atoms. The monoisotopic (exact) mass is 377 g/mol. The number of hydrogen-bond acceptors (Lipinski definition) is 4. The van der Waals surface area contributed by atoms with Crippen molar-refractivity contribution in [3.8, 4) is 0 Å². The molecule has 1 aliphatic rings. The topological polar surface area (TPSA) is 55.8 Å². The molecule has 6 heteroatoms. The summed E-state index contributed by atoms with van der Waals surface area (Å²) in [5.41, 5.74) is 0.945. The second-order valence-corrected chi connectivity index (χ2v) is 13.2. The maximum absolute atomic E-state index is 12.6. The van der Waals surface area contributed by atoms with Gasteiger partial charge in [0.1, 0.15) is 12.9 Å². The van der Waals surface area contributed by atoms with Crippen LogP contribution in [0.5, 0.6) is 0 Å². The van der Waals surface area contributed by atoms with Crippen LogP contribution in [0.25, 0.3) is 0 Å². The molecular weight excluding hydrogens is 346 g/mol. The highest BCUT2D eigenvalue weighted by atomic mass is 28.4.